The standard InChI is InChI=1S/C24H27F2N5O2/c25-24(26)14-17(24)21(33)30-12-10-23(11-13-30)8-6-15(7-9-23)18-2-1-3-19-27-22(29-31(18)19)28-20(32)16-4-5-16/h1-3,6,16-17H,4-5,7-14H2,(H,28,29,32)/t17-/m0/s1. The zero-order valence-corrected chi connectivity index (χ0v) is 18.4. The fourth-order valence-electron chi connectivity index (χ4n) is 5.29. The van der Waals surface area contributed by atoms with Gasteiger partial charge in [0.1, 0.15) is 5.92 Å². The lowest BCUT2D eigenvalue weighted by atomic mass is 9.68. The minimum absolute atomic E-state index is 0.0125. The summed E-state index contributed by atoms with van der Waals surface area (Å²) in [5.74, 6) is -3.84. The average molecular weight is 456 g/mol. The van der Waals surface area contributed by atoms with Crippen molar-refractivity contribution in [3.63, 3.8) is 0 Å². The van der Waals surface area contributed by atoms with Crippen LogP contribution < -0.4 is 5.32 Å². The van der Waals surface area contributed by atoms with Gasteiger partial charge < -0.3 is 4.90 Å². The van der Waals surface area contributed by atoms with Gasteiger partial charge in [0.05, 0.1) is 5.69 Å². The van der Waals surface area contributed by atoms with Crippen LogP contribution in [0.4, 0.5) is 14.7 Å². The molecule has 1 atom stereocenters. The first-order valence-electron chi connectivity index (χ1n) is 11.9. The first-order valence-corrected chi connectivity index (χ1v) is 11.9. The minimum atomic E-state index is -2.79. The Hall–Kier alpha value is -2.84. The number of hydrogen-bond donors (Lipinski definition) is 1. The summed E-state index contributed by atoms with van der Waals surface area (Å²) in [4.78, 5) is 30.5. The summed E-state index contributed by atoms with van der Waals surface area (Å²) >= 11 is 0. The van der Waals surface area contributed by atoms with Crippen molar-refractivity contribution < 1.29 is 18.4 Å². The molecule has 6 rings (SSSR count). The molecule has 7 nitrogen and oxygen atoms in total. The lowest BCUT2D eigenvalue weighted by molar-refractivity contribution is -0.137. The number of anilines is 1. The molecule has 2 saturated carbocycles. The van der Waals surface area contributed by atoms with Gasteiger partial charge in [-0.25, -0.2) is 13.3 Å². The molecular formula is C24H27F2N5O2. The minimum Gasteiger partial charge on any atom is -0.342 e. The number of allylic oxidation sites excluding steroid dienone is 2. The Balaban J connectivity index is 1.14. The van der Waals surface area contributed by atoms with Crippen molar-refractivity contribution in [3.05, 3.63) is 30.0 Å². The fourth-order valence-corrected chi connectivity index (χ4v) is 5.29. The summed E-state index contributed by atoms with van der Waals surface area (Å²) in [5, 5.41) is 7.35. The number of nitrogens with zero attached hydrogens (tertiary/aromatic N) is 4. The molecule has 0 bridgehead atoms. The SMILES string of the molecule is O=C(Nc1nc2cccc(C3=CCC4(CC3)CCN(C(=O)[C@@H]3CC3(F)F)CC4)n2n1)C1CC1. The number of rotatable bonds is 4. The fraction of sp³-hybridized carbons (Fsp3) is 0.583. The highest BCUT2D eigenvalue weighted by Crippen LogP contribution is 2.51. The van der Waals surface area contributed by atoms with Crippen LogP contribution >= 0.6 is 0 Å². The van der Waals surface area contributed by atoms with Gasteiger partial charge in [0, 0.05) is 25.4 Å². The van der Waals surface area contributed by atoms with Crippen LogP contribution in [0.1, 0.15) is 57.1 Å². The van der Waals surface area contributed by atoms with Gasteiger partial charge in [-0.3, -0.25) is 14.9 Å². The molecule has 2 aromatic rings. The summed E-state index contributed by atoms with van der Waals surface area (Å²) in [6.45, 7) is 1.13. The number of aromatic nitrogens is 3. The van der Waals surface area contributed by atoms with Crippen LogP contribution in [0.15, 0.2) is 24.3 Å². The molecule has 0 aromatic carbocycles. The molecule has 3 aliphatic carbocycles. The van der Waals surface area contributed by atoms with E-state index in [9.17, 15) is 18.4 Å². The highest BCUT2D eigenvalue weighted by molar-refractivity contribution is 5.92. The van der Waals surface area contributed by atoms with Gasteiger partial charge in [-0.2, -0.15) is 4.98 Å². The Labute approximate surface area is 190 Å². The van der Waals surface area contributed by atoms with Gasteiger partial charge in [-0.05, 0) is 68.1 Å². The summed E-state index contributed by atoms with van der Waals surface area (Å²) in [6.07, 6.45) is 8.32. The molecule has 2 aromatic heterocycles. The lowest BCUT2D eigenvalue weighted by Crippen LogP contribution is -2.44. The molecule has 1 spiro atoms. The van der Waals surface area contributed by atoms with Gasteiger partial charge in [0.15, 0.2) is 5.65 Å². The number of hydrogen-bond acceptors (Lipinski definition) is 4. The molecule has 9 heteroatoms. The number of pyridine rings is 1. The van der Waals surface area contributed by atoms with Gasteiger partial charge in [0.2, 0.25) is 17.8 Å². The Morgan fingerprint density at radius 1 is 1.12 bits per heavy atom. The van der Waals surface area contributed by atoms with Crippen LogP contribution in [0.25, 0.3) is 11.2 Å². The van der Waals surface area contributed by atoms with Crippen molar-refractivity contribution in [2.24, 2.45) is 17.3 Å². The van der Waals surface area contributed by atoms with Crippen LogP contribution in [-0.4, -0.2) is 50.3 Å². The van der Waals surface area contributed by atoms with E-state index in [4.69, 9.17) is 0 Å². The van der Waals surface area contributed by atoms with E-state index in [0.717, 1.165) is 50.6 Å². The number of nitrogens with one attached hydrogen (secondary N) is 1. The maximum absolute atomic E-state index is 13.3. The maximum atomic E-state index is 13.3. The molecule has 1 aliphatic heterocycles. The first-order chi connectivity index (χ1) is 15.8. The van der Waals surface area contributed by atoms with E-state index in [-0.39, 0.29) is 29.6 Å². The summed E-state index contributed by atoms with van der Waals surface area (Å²) in [7, 11) is 0. The topological polar surface area (TPSA) is 79.6 Å². The second kappa shape index (κ2) is 7.33. The number of likely N-dealkylation sites (tertiary alicyclic amines) is 1. The number of alkyl halides is 2. The maximum Gasteiger partial charge on any atom is 0.260 e. The molecule has 2 amide bonds. The van der Waals surface area contributed by atoms with E-state index in [1.165, 1.54) is 5.57 Å². The Kier molecular flexibility index (Phi) is 4.61. The van der Waals surface area contributed by atoms with Crippen molar-refractivity contribution >= 4 is 29.0 Å². The Morgan fingerprint density at radius 2 is 1.88 bits per heavy atom. The predicted octanol–water partition coefficient (Wildman–Crippen LogP) is 3.91. The third kappa shape index (κ3) is 3.81. The van der Waals surface area contributed by atoms with Crippen molar-refractivity contribution in [3.8, 4) is 0 Å². The monoisotopic (exact) mass is 455 g/mol. The predicted molar refractivity (Wildman–Crippen MR) is 117 cm³/mol. The van der Waals surface area contributed by atoms with E-state index >= 15 is 0 Å². The highest BCUT2D eigenvalue weighted by Gasteiger charge is 2.62. The van der Waals surface area contributed by atoms with E-state index in [1.807, 2.05) is 18.2 Å². The average Bonchev–Trinajstić information content (AvgIpc) is 3.71. The van der Waals surface area contributed by atoms with Gasteiger partial charge in [0.25, 0.3) is 5.92 Å². The zero-order chi connectivity index (χ0) is 22.8. The number of carbonyl (C=O) groups excluding carboxylic acids is 2. The normalized spacial score (nSPS) is 25.7. The molecular weight excluding hydrogens is 428 g/mol. The van der Waals surface area contributed by atoms with Crippen LogP contribution in [0.3, 0.4) is 0 Å². The molecule has 174 valence electrons. The van der Waals surface area contributed by atoms with Crippen molar-refractivity contribution in [2.75, 3.05) is 18.4 Å². The molecule has 3 heterocycles. The number of carbonyl (C=O) groups is 2. The van der Waals surface area contributed by atoms with Crippen molar-refractivity contribution in [1.29, 1.82) is 0 Å². The van der Waals surface area contributed by atoms with Gasteiger partial charge in [-0.15, -0.1) is 5.10 Å². The zero-order valence-electron chi connectivity index (χ0n) is 18.4. The van der Waals surface area contributed by atoms with E-state index in [2.05, 4.69) is 21.5 Å². The van der Waals surface area contributed by atoms with Crippen molar-refractivity contribution in [2.45, 2.75) is 57.3 Å². The van der Waals surface area contributed by atoms with E-state index in [1.54, 1.807) is 9.42 Å². The van der Waals surface area contributed by atoms with Crippen molar-refractivity contribution in [1.82, 2.24) is 19.5 Å². The van der Waals surface area contributed by atoms with Gasteiger partial charge in [-0.1, -0.05) is 12.1 Å². The first kappa shape index (κ1) is 20.7. The second-order valence-corrected chi connectivity index (χ2v) is 10.2. The number of amides is 2. The Bertz CT molecular complexity index is 1160. The quantitative estimate of drug-likeness (QED) is 0.758. The van der Waals surface area contributed by atoms with E-state index in [0.29, 0.717) is 24.7 Å². The second-order valence-electron chi connectivity index (χ2n) is 10.2. The van der Waals surface area contributed by atoms with Crippen LogP contribution in [0.5, 0.6) is 0 Å². The lowest BCUT2D eigenvalue weighted by Gasteiger charge is -2.43. The summed E-state index contributed by atoms with van der Waals surface area (Å²) in [5.41, 5.74) is 3.01. The highest BCUT2D eigenvalue weighted by atomic mass is 19.3. The van der Waals surface area contributed by atoms with E-state index < -0.39 is 11.8 Å². The third-order valence-electron chi connectivity index (χ3n) is 7.84. The molecule has 33 heavy (non-hydrogen) atoms. The van der Waals surface area contributed by atoms with Crippen LogP contribution in [0.2, 0.25) is 0 Å². The van der Waals surface area contributed by atoms with Gasteiger partial charge >= 0.3 is 0 Å². The summed E-state index contributed by atoms with van der Waals surface area (Å²) in [6, 6.07) is 5.86. The summed E-state index contributed by atoms with van der Waals surface area (Å²) < 4.78 is 28.4. The Morgan fingerprint density at radius 3 is 2.52 bits per heavy atom. The molecule has 1 N–H and O–H groups in total. The number of fused-ring (bicyclic) bond motifs is 1. The molecule has 0 unspecified atom stereocenters. The number of halogens is 2. The third-order valence-corrected chi connectivity index (χ3v) is 7.84. The smallest absolute Gasteiger partial charge is 0.260 e. The molecule has 0 radical (unpaired) electrons. The van der Waals surface area contributed by atoms with Crippen LogP contribution in [-0.2, 0) is 9.59 Å². The number of piperidine rings is 1. The van der Waals surface area contributed by atoms with Crippen LogP contribution in [0, 0.1) is 17.3 Å². The molecule has 4 aliphatic rings. The molecule has 3 fully saturated rings. The largest absolute Gasteiger partial charge is 0.342 e. The molecule has 1 saturated heterocycles.